The SMILES string of the molecule is Cc1ccc(NC(CC(=O)O)C(C)(C)C)c([N+](=O)[O-])c1. The van der Waals surface area contributed by atoms with Crippen LogP contribution in [0.2, 0.25) is 0 Å². The lowest BCUT2D eigenvalue weighted by Gasteiger charge is -2.31. The van der Waals surface area contributed by atoms with Crippen molar-refractivity contribution in [2.45, 2.75) is 40.2 Å². The Morgan fingerprint density at radius 2 is 2.05 bits per heavy atom. The van der Waals surface area contributed by atoms with E-state index in [1.54, 1.807) is 19.1 Å². The molecule has 1 atom stereocenters. The summed E-state index contributed by atoms with van der Waals surface area (Å²) in [6.45, 7) is 7.46. The van der Waals surface area contributed by atoms with E-state index in [0.717, 1.165) is 5.56 Å². The van der Waals surface area contributed by atoms with Gasteiger partial charge in [-0.15, -0.1) is 0 Å². The van der Waals surface area contributed by atoms with Crippen LogP contribution in [-0.2, 0) is 4.79 Å². The van der Waals surface area contributed by atoms with Crippen molar-refractivity contribution >= 4 is 17.3 Å². The van der Waals surface area contributed by atoms with Gasteiger partial charge in [0.05, 0.1) is 11.3 Å². The largest absolute Gasteiger partial charge is 0.481 e. The summed E-state index contributed by atoms with van der Waals surface area (Å²) in [5.41, 5.74) is 0.760. The van der Waals surface area contributed by atoms with Crippen molar-refractivity contribution in [3.63, 3.8) is 0 Å². The summed E-state index contributed by atoms with van der Waals surface area (Å²) >= 11 is 0. The number of aliphatic carboxylic acids is 1. The lowest BCUT2D eigenvalue weighted by atomic mass is 9.84. The van der Waals surface area contributed by atoms with Crippen LogP contribution in [0.25, 0.3) is 0 Å². The molecular formula is C14H20N2O4. The van der Waals surface area contributed by atoms with E-state index in [4.69, 9.17) is 5.11 Å². The van der Waals surface area contributed by atoms with Crippen LogP contribution >= 0.6 is 0 Å². The summed E-state index contributed by atoms with van der Waals surface area (Å²) in [6.07, 6.45) is -0.103. The van der Waals surface area contributed by atoms with E-state index in [1.165, 1.54) is 6.07 Å². The number of benzene rings is 1. The Morgan fingerprint density at radius 1 is 1.45 bits per heavy atom. The van der Waals surface area contributed by atoms with Gasteiger partial charge in [0.1, 0.15) is 5.69 Å². The molecule has 0 aliphatic heterocycles. The zero-order valence-corrected chi connectivity index (χ0v) is 12.1. The lowest BCUT2D eigenvalue weighted by Crippen LogP contribution is -2.36. The molecule has 0 aliphatic rings. The predicted molar refractivity (Wildman–Crippen MR) is 77.0 cm³/mol. The van der Waals surface area contributed by atoms with Gasteiger partial charge in [-0.1, -0.05) is 26.8 Å². The van der Waals surface area contributed by atoms with Gasteiger partial charge in [0.15, 0.2) is 0 Å². The normalized spacial score (nSPS) is 12.8. The maximum Gasteiger partial charge on any atom is 0.305 e. The van der Waals surface area contributed by atoms with E-state index < -0.39 is 16.9 Å². The van der Waals surface area contributed by atoms with Gasteiger partial charge in [-0.2, -0.15) is 0 Å². The van der Waals surface area contributed by atoms with Crippen molar-refractivity contribution in [2.75, 3.05) is 5.32 Å². The molecule has 0 fully saturated rings. The molecular weight excluding hydrogens is 260 g/mol. The number of hydrogen-bond acceptors (Lipinski definition) is 4. The van der Waals surface area contributed by atoms with Crippen molar-refractivity contribution in [1.29, 1.82) is 0 Å². The minimum Gasteiger partial charge on any atom is -0.481 e. The molecule has 0 spiro atoms. The van der Waals surface area contributed by atoms with E-state index in [9.17, 15) is 14.9 Å². The second kappa shape index (κ2) is 5.90. The van der Waals surface area contributed by atoms with E-state index in [2.05, 4.69) is 5.32 Å². The molecule has 1 aromatic carbocycles. The van der Waals surface area contributed by atoms with Crippen LogP contribution in [0.15, 0.2) is 18.2 Å². The van der Waals surface area contributed by atoms with Crippen LogP contribution in [0.3, 0.4) is 0 Å². The quantitative estimate of drug-likeness (QED) is 0.638. The van der Waals surface area contributed by atoms with Gasteiger partial charge in [0, 0.05) is 12.1 Å². The number of nitrogens with one attached hydrogen (secondary N) is 1. The fourth-order valence-electron chi connectivity index (χ4n) is 1.85. The second-order valence-corrected chi connectivity index (χ2v) is 5.94. The monoisotopic (exact) mass is 280 g/mol. The molecule has 6 nitrogen and oxygen atoms in total. The standard InChI is InChI=1S/C14H20N2O4/c1-9-5-6-10(11(7-9)16(19)20)15-12(8-13(17)18)14(2,3)4/h5-7,12,15H,8H2,1-4H3,(H,17,18). The first kappa shape index (κ1) is 15.9. The van der Waals surface area contributed by atoms with Crippen molar-refractivity contribution in [2.24, 2.45) is 5.41 Å². The zero-order valence-electron chi connectivity index (χ0n) is 12.1. The molecule has 0 radical (unpaired) electrons. The molecule has 1 rings (SSSR count). The number of hydrogen-bond donors (Lipinski definition) is 2. The Morgan fingerprint density at radius 3 is 2.50 bits per heavy atom. The summed E-state index contributed by atoms with van der Waals surface area (Å²) in [5.74, 6) is -0.938. The molecule has 0 bridgehead atoms. The van der Waals surface area contributed by atoms with Crippen LogP contribution in [0.1, 0.15) is 32.8 Å². The van der Waals surface area contributed by atoms with Crippen LogP contribution in [0, 0.1) is 22.5 Å². The Hall–Kier alpha value is -2.11. The Kier molecular flexibility index (Phi) is 4.70. The molecule has 2 N–H and O–H groups in total. The average Bonchev–Trinajstić information content (AvgIpc) is 2.28. The van der Waals surface area contributed by atoms with E-state index in [0.29, 0.717) is 5.69 Å². The third kappa shape index (κ3) is 4.22. The first-order valence-electron chi connectivity index (χ1n) is 6.34. The average molecular weight is 280 g/mol. The summed E-state index contributed by atoms with van der Waals surface area (Å²) in [7, 11) is 0. The first-order valence-corrected chi connectivity index (χ1v) is 6.34. The highest BCUT2D eigenvalue weighted by atomic mass is 16.6. The van der Waals surface area contributed by atoms with Gasteiger partial charge in [-0.3, -0.25) is 14.9 Å². The van der Waals surface area contributed by atoms with Gasteiger partial charge in [-0.05, 0) is 24.0 Å². The molecule has 6 heteroatoms. The number of anilines is 1. The molecule has 1 unspecified atom stereocenters. The minimum atomic E-state index is -0.938. The topological polar surface area (TPSA) is 92.5 Å². The molecule has 20 heavy (non-hydrogen) atoms. The number of nitrogens with zero attached hydrogens (tertiary/aromatic N) is 1. The van der Waals surface area contributed by atoms with Crippen molar-refractivity contribution < 1.29 is 14.8 Å². The molecule has 0 heterocycles. The van der Waals surface area contributed by atoms with Crippen LogP contribution in [-0.4, -0.2) is 22.0 Å². The molecule has 0 aromatic heterocycles. The van der Waals surface area contributed by atoms with Crippen LogP contribution in [0.5, 0.6) is 0 Å². The highest BCUT2D eigenvalue weighted by Gasteiger charge is 2.28. The molecule has 0 aliphatic carbocycles. The summed E-state index contributed by atoms with van der Waals surface area (Å²) in [4.78, 5) is 21.6. The van der Waals surface area contributed by atoms with Crippen molar-refractivity contribution in [3.05, 3.63) is 33.9 Å². The Bertz CT molecular complexity index is 520. The van der Waals surface area contributed by atoms with Gasteiger partial charge < -0.3 is 10.4 Å². The number of carbonyl (C=O) groups is 1. The summed E-state index contributed by atoms with van der Waals surface area (Å²) in [5, 5.41) is 23.1. The fraction of sp³-hybridized carbons (Fsp3) is 0.500. The molecule has 1 aromatic rings. The van der Waals surface area contributed by atoms with E-state index in [1.807, 2.05) is 20.8 Å². The molecule has 110 valence electrons. The lowest BCUT2D eigenvalue weighted by molar-refractivity contribution is -0.384. The van der Waals surface area contributed by atoms with Crippen LogP contribution in [0.4, 0.5) is 11.4 Å². The van der Waals surface area contributed by atoms with E-state index >= 15 is 0 Å². The smallest absolute Gasteiger partial charge is 0.305 e. The van der Waals surface area contributed by atoms with Gasteiger partial charge in [0.2, 0.25) is 0 Å². The maximum absolute atomic E-state index is 11.1. The molecule has 0 saturated carbocycles. The minimum absolute atomic E-state index is 0.0374. The van der Waals surface area contributed by atoms with Gasteiger partial charge in [0.25, 0.3) is 5.69 Å². The molecule has 0 amide bonds. The maximum atomic E-state index is 11.1. The highest BCUT2D eigenvalue weighted by molar-refractivity contribution is 5.70. The summed E-state index contributed by atoms with van der Waals surface area (Å²) in [6, 6.07) is 4.45. The number of nitro groups is 1. The second-order valence-electron chi connectivity index (χ2n) is 5.94. The van der Waals surface area contributed by atoms with Gasteiger partial charge >= 0.3 is 5.97 Å². The van der Waals surface area contributed by atoms with Gasteiger partial charge in [-0.25, -0.2) is 0 Å². The third-order valence-electron chi connectivity index (χ3n) is 3.10. The van der Waals surface area contributed by atoms with Crippen LogP contribution < -0.4 is 5.32 Å². The highest BCUT2D eigenvalue weighted by Crippen LogP contribution is 2.31. The zero-order chi connectivity index (χ0) is 15.5. The number of nitro benzene ring substituents is 1. The van der Waals surface area contributed by atoms with E-state index in [-0.39, 0.29) is 17.5 Å². The predicted octanol–water partition coefficient (Wildman–Crippen LogP) is 3.20. The Balaban J connectivity index is 3.11. The number of carboxylic acids is 1. The first-order chi connectivity index (χ1) is 9.11. The number of rotatable bonds is 5. The van der Waals surface area contributed by atoms with Crippen molar-refractivity contribution in [1.82, 2.24) is 0 Å². The third-order valence-corrected chi connectivity index (χ3v) is 3.10. The Labute approximate surface area is 118 Å². The molecule has 0 saturated heterocycles. The summed E-state index contributed by atoms with van der Waals surface area (Å²) < 4.78 is 0. The number of carboxylic acid groups (broad SMARTS) is 1. The fourth-order valence-corrected chi connectivity index (χ4v) is 1.85. The van der Waals surface area contributed by atoms with Crippen molar-refractivity contribution in [3.8, 4) is 0 Å². The number of aryl methyl sites for hydroxylation is 1.